The summed E-state index contributed by atoms with van der Waals surface area (Å²) in [5.41, 5.74) is 5.54. The fraction of sp³-hybridized carbons (Fsp3) is 0.913. The average Bonchev–Trinajstić information content (AvgIpc) is 2.66. The van der Waals surface area contributed by atoms with Gasteiger partial charge in [0, 0.05) is 0 Å². The number of hydrogen-bond donors (Lipinski definition) is 3. The molecular weight excluding hydrogens is 322 g/mol. The maximum absolute atomic E-state index is 9.58. The second-order valence-electron chi connectivity index (χ2n) is 7.86. The Hall–Kier alpha value is -0.380. The number of aliphatic hydroxyl groups excluding tert-OH is 2. The van der Waals surface area contributed by atoms with Crippen LogP contribution >= 0.6 is 0 Å². The maximum Gasteiger partial charge on any atom is 0.0894 e. The van der Waals surface area contributed by atoms with Gasteiger partial charge in [-0.15, -0.1) is 0 Å². The Morgan fingerprint density at radius 3 is 1.46 bits per heavy atom. The summed E-state index contributed by atoms with van der Waals surface area (Å²) in [6.45, 7) is 2.10. The van der Waals surface area contributed by atoms with Gasteiger partial charge in [-0.05, 0) is 12.8 Å². The summed E-state index contributed by atoms with van der Waals surface area (Å²) < 4.78 is 0. The summed E-state index contributed by atoms with van der Waals surface area (Å²) in [6, 6.07) is -0.558. The highest BCUT2D eigenvalue weighted by atomic mass is 16.3. The van der Waals surface area contributed by atoms with Crippen LogP contribution in [0.3, 0.4) is 0 Å². The molecule has 156 valence electrons. The molecule has 0 saturated heterocycles. The molecule has 0 heterocycles. The van der Waals surface area contributed by atoms with Gasteiger partial charge < -0.3 is 15.9 Å². The first-order chi connectivity index (χ1) is 12.7. The zero-order valence-corrected chi connectivity index (χ0v) is 17.5. The number of aliphatic hydroxyl groups is 2. The Balaban J connectivity index is 3.14. The van der Waals surface area contributed by atoms with Crippen molar-refractivity contribution in [2.24, 2.45) is 5.73 Å². The van der Waals surface area contributed by atoms with Crippen molar-refractivity contribution in [2.75, 3.05) is 6.61 Å². The lowest BCUT2D eigenvalue weighted by molar-refractivity contribution is 0.144. The predicted molar refractivity (Wildman–Crippen MR) is 114 cm³/mol. The second-order valence-corrected chi connectivity index (χ2v) is 7.86. The summed E-state index contributed by atoms with van der Waals surface area (Å²) >= 11 is 0. The first-order valence-corrected chi connectivity index (χ1v) is 11.4. The van der Waals surface area contributed by atoms with Crippen LogP contribution in [0.5, 0.6) is 0 Å². The fourth-order valence-electron chi connectivity index (χ4n) is 3.30. The molecule has 0 rings (SSSR count). The number of allylic oxidation sites excluding steroid dienone is 1. The standard InChI is InChI=1S/C23H47NO2/c1-2-3-4-5-6-7-8-9-10-11-12-13-14-15-16-17-18-19-20-23(26)22(24)21-25/h19-20,22-23,25-26H,2-18,21,24H2,1H3/b20-19+/t22-,23+/m0/s1. The van der Waals surface area contributed by atoms with Crippen LogP contribution in [-0.2, 0) is 0 Å². The first kappa shape index (κ1) is 25.6. The van der Waals surface area contributed by atoms with E-state index < -0.39 is 12.1 Å². The van der Waals surface area contributed by atoms with Crippen molar-refractivity contribution >= 4 is 0 Å². The second kappa shape index (κ2) is 20.9. The van der Waals surface area contributed by atoms with Crippen LogP contribution in [0.4, 0.5) is 0 Å². The molecule has 0 fully saturated rings. The van der Waals surface area contributed by atoms with Crippen LogP contribution in [-0.4, -0.2) is 29.0 Å². The third-order valence-corrected chi connectivity index (χ3v) is 5.21. The minimum Gasteiger partial charge on any atom is -0.395 e. The van der Waals surface area contributed by atoms with Crippen molar-refractivity contribution < 1.29 is 10.2 Å². The Kier molecular flexibility index (Phi) is 20.6. The monoisotopic (exact) mass is 369 g/mol. The van der Waals surface area contributed by atoms with E-state index in [0.29, 0.717) is 0 Å². The van der Waals surface area contributed by atoms with Crippen LogP contribution in [0.15, 0.2) is 12.2 Å². The average molecular weight is 370 g/mol. The molecule has 0 aliphatic heterocycles. The van der Waals surface area contributed by atoms with Crippen LogP contribution in [0.1, 0.15) is 116 Å². The van der Waals surface area contributed by atoms with E-state index >= 15 is 0 Å². The molecule has 0 aliphatic rings. The zero-order valence-electron chi connectivity index (χ0n) is 17.5. The quantitative estimate of drug-likeness (QED) is 0.185. The molecule has 0 bridgehead atoms. The van der Waals surface area contributed by atoms with Gasteiger partial charge in [0.15, 0.2) is 0 Å². The summed E-state index contributed by atoms with van der Waals surface area (Å²) in [5.74, 6) is 0. The highest BCUT2D eigenvalue weighted by molar-refractivity contribution is 4.93. The van der Waals surface area contributed by atoms with E-state index in [1.165, 1.54) is 103 Å². The molecule has 0 aromatic carbocycles. The van der Waals surface area contributed by atoms with Crippen molar-refractivity contribution in [1.82, 2.24) is 0 Å². The van der Waals surface area contributed by atoms with E-state index in [0.717, 1.165) is 6.42 Å². The van der Waals surface area contributed by atoms with E-state index in [4.69, 9.17) is 10.8 Å². The highest BCUT2D eigenvalue weighted by Gasteiger charge is 2.08. The number of unbranched alkanes of at least 4 members (excludes halogenated alkanes) is 16. The lowest BCUT2D eigenvalue weighted by Crippen LogP contribution is -2.36. The molecule has 0 spiro atoms. The van der Waals surface area contributed by atoms with E-state index in [1.54, 1.807) is 6.08 Å². The molecule has 0 aromatic heterocycles. The highest BCUT2D eigenvalue weighted by Crippen LogP contribution is 2.14. The van der Waals surface area contributed by atoms with E-state index in [2.05, 4.69) is 6.92 Å². The Morgan fingerprint density at radius 1 is 0.692 bits per heavy atom. The van der Waals surface area contributed by atoms with Crippen LogP contribution in [0.25, 0.3) is 0 Å². The van der Waals surface area contributed by atoms with Crippen molar-refractivity contribution in [2.45, 2.75) is 128 Å². The van der Waals surface area contributed by atoms with Crippen LogP contribution in [0, 0.1) is 0 Å². The SMILES string of the molecule is CCCCCCCCCCCCCCCCCC/C=C/[C@@H](O)[C@@H](N)CO. The molecule has 3 heteroatoms. The molecule has 0 saturated carbocycles. The minimum absolute atomic E-state index is 0.176. The normalized spacial score (nSPS) is 14.2. The molecule has 4 N–H and O–H groups in total. The van der Waals surface area contributed by atoms with Crippen molar-refractivity contribution in [1.29, 1.82) is 0 Å². The molecule has 0 unspecified atom stereocenters. The van der Waals surface area contributed by atoms with E-state index in [-0.39, 0.29) is 6.61 Å². The summed E-state index contributed by atoms with van der Waals surface area (Å²) in [4.78, 5) is 0. The van der Waals surface area contributed by atoms with Gasteiger partial charge in [0.05, 0.1) is 18.8 Å². The topological polar surface area (TPSA) is 66.5 Å². The molecule has 0 radical (unpaired) electrons. The largest absolute Gasteiger partial charge is 0.395 e. The maximum atomic E-state index is 9.58. The van der Waals surface area contributed by atoms with Gasteiger partial charge in [-0.3, -0.25) is 0 Å². The van der Waals surface area contributed by atoms with Gasteiger partial charge in [0.2, 0.25) is 0 Å². The molecule has 0 amide bonds. The predicted octanol–water partition coefficient (Wildman–Crippen LogP) is 5.87. The lowest BCUT2D eigenvalue weighted by atomic mass is 10.0. The van der Waals surface area contributed by atoms with Gasteiger partial charge in [0.25, 0.3) is 0 Å². The number of hydrogen-bond acceptors (Lipinski definition) is 3. The summed E-state index contributed by atoms with van der Waals surface area (Å²) in [6.07, 6.45) is 26.2. The Morgan fingerprint density at radius 2 is 1.08 bits per heavy atom. The van der Waals surface area contributed by atoms with Crippen molar-refractivity contribution in [3.8, 4) is 0 Å². The smallest absolute Gasteiger partial charge is 0.0894 e. The molecular formula is C23H47NO2. The van der Waals surface area contributed by atoms with Crippen molar-refractivity contribution in [3.05, 3.63) is 12.2 Å². The van der Waals surface area contributed by atoms with E-state index in [1.807, 2.05) is 6.08 Å². The van der Waals surface area contributed by atoms with Crippen LogP contribution < -0.4 is 5.73 Å². The minimum atomic E-state index is -0.721. The number of nitrogens with two attached hydrogens (primary N) is 1. The van der Waals surface area contributed by atoms with Gasteiger partial charge in [-0.1, -0.05) is 115 Å². The van der Waals surface area contributed by atoms with Gasteiger partial charge in [-0.2, -0.15) is 0 Å². The van der Waals surface area contributed by atoms with Crippen molar-refractivity contribution in [3.63, 3.8) is 0 Å². The lowest BCUT2D eigenvalue weighted by Gasteiger charge is -2.11. The molecule has 26 heavy (non-hydrogen) atoms. The van der Waals surface area contributed by atoms with Gasteiger partial charge >= 0.3 is 0 Å². The Bertz CT molecular complexity index is 294. The molecule has 0 aliphatic carbocycles. The third kappa shape index (κ3) is 18.4. The van der Waals surface area contributed by atoms with Crippen LogP contribution in [0.2, 0.25) is 0 Å². The first-order valence-electron chi connectivity index (χ1n) is 11.4. The Labute approximate surface area is 163 Å². The van der Waals surface area contributed by atoms with Gasteiger partial charge in [-0.25, -0.2) is 0 Å². The summed E-state index contributed by atoms with van der Waals surface area (Å²) in [5, 5.41) is 18.4. The van der Waals surface area contributed by atoms with Gasteiger partial charge in [0.1, 0.15) is 0 Å². The third-order valence-electron chi connectivity index (χ3n) is 5.21. The molecule has 3 nitrogen and oxygen atoms in total. The fourth-order valence-corrected chi connectivity index (χ4v) is 3.30. The summed E-state index contributed by atoms with van der Waals surface area (Å²) in [7, 11) is 0. The zero-order chi connectivity index (χ0) is 19.3. The molecule has 2 atom stereocenters. The number of rotatable bonds is 20. The molecule has 0 aromatic rings. The van der Waals surface area contributed by atoms with E-state index in [9.17, 15) is 5.11 Å².